The van der Waals surface area contributed by atoms with Crippen LogP contribution in [0.2, 0.25) is 5.02 Å². The van der Waals surface area contributed by atoms with Gasteiger partial charge in [-0.2, -0.15) is 0 Å². The first-order chi connectivity index (χ1) is 15.7. The molecule has 5 rings (SSSR count). The second kappa shape index (κ2) is 7.95. The van der Waals surface area contributed by atoms with Crippen LogP contribution >= 0.6 is 11.6 Å². The Hall–Kier alpha value is -3.26. The molecule has 1 amide bonds. The van der Waals surface area contributed by atoms with Gasteiger partial charge >= 0.3 is 0 Å². The molecule has 170 valence electrons. The summed E-state index contributed by atoms with van der Waals surface area (Å²) < 4.78 is 29.5. The molecule has 1 atom stereocenters. The Bertz CT molecular complexity index is 1320. The molecule has 0 saturated carbocycles. The molecule has 6 nitrogen and oxygen atoms in total. The van der Waals surface area contributed by atoms with Gasteiger partial charge in [0.1, 0.15) is 23.3 Å². The van der Waals surface area contributed by atoms with Crippen molar-refractivity contribution >= 4 is 29.3 Å². The molecule has 2 aliphatic rings. The van der Waals surface area contributed by atoms with E-state index in [-0.39, 0.29) is 34.4 Å². The van der Waals surface area contributed by atoms with E-state index < -0.39 is 5.82 Å². The summed E-state index contributed by atoms with van der Waals surface area (Å²) in [7, 11) is 0. The summed E-state index contributed by atoms with van der Waals surface area (Å²) in [6, 6.07) is 8.96. The molecule has 0 radical (unpaired) electrons. The van der Waals surface area contributed by atoms with Crippen LogP contribution in [-0.4, -0.2) is 34.0 Å². The third-order valence-electron chi connectivity index (χ3n) is 6.13. The number of amides is 1. The van der Waals surface area contributed by atoms with Gasteiger partial charge in [0.05, 0.1) is 24.2 Å². The van der Waals surface area contributed by atoms with Crippen molar-refractivity contribution in [3.05, 3.63) is 69.9 Å². The number of aryl methyl sites for hydroxylation is 1. The Labute approximate surface area is 194 Å². The van der Waals surface area contributed by atoms with Gasteiger partial charge in [0.25, 0.3) is 5.91 Å². The predicted molar refractivity (Wildman–Crippen MR) is 124 cm³/mol. The van der Waals surface area contributed by atoms with Crippen LogP contribution < -0.4 is 10.2 Å². The number of benzene rings is 2. The zero-order valence-electron chi connectivity index (χ0n) is 18.4. The van der Waals surface area contributed by atoms with Crippen LogP contribution in [0.25, 0.3) is 11.4 Å². The first-order valence-corrected chi connectivity index (χ1v) is 11.1. The van der Waals surface area contributed by atoms with Crippen molar-refractivity contribution in [2.24, 2.45) is 10.9 Å². The molecule has 0 fully saturated rings. The molecular weight excluding hydrogens is 448 g/mol. The van der Waals surface area contributed by atoms with Gasteiger partial charge in [-0.3, -0.25) is 15.0 Å². The highest BCUT2D eigenvalue weighted by Gasteiger charge is 2.40. The van der Waals surface area contributed by atoms with Gasteiger partial charge in [-0.1, -0.05) is 31.5 Å². The standard InChI is InChI=1S/C24H22ClF2N5O/c1-12(2)19-11-32-23-20(22(33)30-24(32)28-19)29-21(14-5-7-18(27)17(25)9-14)31(23)10-15-4-6-16(26)8-13(15)3/h4-9,12,19H,10-11H2,1-3H3,(H,28,30,33)/t19-/m0/s1. The van der Waals surface area contributed by atoms with E-state index in [0.717, 1.165) is 11.1 Å². The maximum absolute atomic E-state index is 13.9. The van der Waals surface area contributed by atoms with Crippen LogP contribution in [0.15, 0.2) is 41.4 Å². The summed E-state index contributed by atoms with van der Waals surface area (Å²) in [5, 5.41) is 2.80. The SMILES string of the molecule is Cc1cc(F)ccc1Cn1c(-c2ccc(F)c(Cl)c2)nc2c1N1C[C@@H](C(C)C)N=C1NC2=O. The average molecular weight is 470 g/mol. The van der Waals surface area contributed by atoms with Crippen LogP contribution in [-0.2, 0) is 6.54 Å². The molecule has 33 heavy (non-hydrogen) atoms. The van der Waals surface area contributed by atoms with E-state index in [1.54, 1.807) is 12.1 Å². The number of fused-ring (bicyclic) bond motifs is 3. The van der Waals surface area contributed by atoms with E-state index in [1.807, 2.05) is 16.4 Å². The fraction of sp³-hybridized carbons (Fsp3) is 0.292. The Morgan fingerprint density at radius 2 is 2.00 bits per heavy atom. The Morgan fingerprint density at radius 1 is 1.21 bits per heavy atom. The first kappa shape index (κ1) is 21.6. The fourth-order valence-electron chi connectivity index (χ4n) is 4.23. The molecule has 9 heteroatoms. The van der Waals surface area contributed by atoms with Crippen LogP contribution in [0.1, 0.15) is 35.5 Å². The van der Waals surface area contributed by atoms with E-state index in [2.05, 4.69) is 24.1 Å². The van der Waals surface area contributed by atoms with Crippen molar-refractivity contribution in [3.63, 3.8) is 0 Å². The molecule has 2 aliphatic heterocycles. The van der Waals surface area contributed by atoms with Gasteiger partial charge < -0.3 is 4.57 Å². The van der Waals surface area contributed by atoms with Crippen molar-refractivity contribution in [1.82, 2.24) is 14.9 Å². The number of aromatic nitrogens is 2. The number of rotatable bonds is 4. The van der Waals surface area contributed by atoms with Gasteiger partial charge in [0, 0.05) is 5.56 Å². The minimum atomic E-state index is -0.538. The number of halogens is 3. The maximum Gasteiger partial charge on any atom is 0.280 e. The number of anilines is 1. The highest BCUT2D eigenvalue weighted by molar-refractivity contribution is 6.31. The molecule has 0 bridgehead atoms. The summed E-state index contributed by atoms with van der Waals surface area (Å²) >= 11 is 6.05. The zero-order valence-corrected chi connectivity index (χ0v) is 19.1. The van der Waals surface area contributed by atoms with E-state index in [4.69, 9.17) is 16.6 Å². The number of nitrogens with zero attached hydrogens (tertiary/aromatic N) is 4. The smallest absolute Gasteiger partial charge is 0.280 e. The summed E-state index contributed by atoms with van der Waals surface area (Å²) in [6.07, 6.45) is 0. The number of nitrogens with one attached hydrogen (secondary N) is 1. The number of aliphatic imine (C=N–C) groups is 1. The van der Waals surface area contributed by atoms with Crippen molar-refractivity contribution < 1.29 is 13.6 Å². The number of imidazole rings is 1. The molecule has 2 aromatic carbocycles. The summed E-state index contributed by atoms with van der Waals surface area (Å²) in [4.78, 5) is 24.3. The molecule has 1 N–H and O–H groups in total. The fourth-order valence-corrected chi connectivity index (χ4v) is 4.41. The quantitative estimate of drug-likeness (QED) is 0.598. The molecule has 3 aromatic rings. The summed E-state index contributed by atoms with van der Waals surface area (Å²) in [5.41, 5.74) is 2.47. The Kier molecular flexibility index (Phi) is 5.20. The number of hydrogen-bond donors (Lipinski definition) is 1. The number of carbonyl (C=O) groups excluding carboxylic acids is 1. The molecule has 0 aliphatic carbocycles. The molecule has 3 heterocycles. The van der Waals surface area contributed by atoms with Crippen molar-refractivity contribution in [1.29, 1.82) is 0 Å². The molecule has 1 aromatic heterocycles. The minimum absolute atomic E-state index is 0.0193. The summed E-state index contributed by atoms with van der Waals surface area (Å²) in [5.74, 6) is 0.649. The maximum atomic E-state index is 13.9. The van der Waals surface area contributed by atoms with Gasteiger partial charge in [-0.05, 0) is 54.3 Å². The van der Waals surface area contributed by atoms with Crippen molar-refractivity contribution in [2.45, 2.75) is 33.4 Å². The Morgan fingerprint density at radius 3 is 2.70 bits per heavy atom. The third-order valence-corrected chi connectivity index (χ3v) is 6.42. The second-order valence-electron chi connectivity index (χ2n) is 8.72. The predicted octanol–water partition coefficient (Wildman–Crippen LogP) is 4.78. The summed E-state index contributed by atoms with van der Waals surface area (Å²) in [6.45, 7) is 6.93. The molecule has 0 spiro atoms. The van der Waals surface area contributed by atoms with Crippen LogP contribution in [0.4, 0.5) is 14.6 Å². The monoisotopic (exact) mass is 469 g/mol. The first-order valence-electron chi connectivity index (χ1n) is 10.7. The minimum Gasteiger partial charge on any atom is -0.305 e. The van der Waals surface area contributed by atoms with Gasteiger partial charge in [0.2, 0.25) is 5.96 Å². The number of hydrogen-bond acceptors (Lipinski definition) is 4. The van der Waals surface area contributed by atoms with Gasteiger partial charge in [0.15, 0.2) is 5.69 Å². The normalized spacial score (nSPS) is 17.2. The third kappa shape index (κ3) is 3.68. The van der Waals surface area contributed by atoms with E-state index in [9.17, 15) is 13.6 Å². The van der Waals surface area contributed by atoms with E-state index in [1.165, 1.54) is 24.3 Å². The van der Waals surface area contributed by atoms with Crippen LogP contribution in [0.3, 0.4) is 0 Å². The van der Waals surface area contributed by atoms with E-state index >= 15 is 0 Å². The lowest BCUT2D eigenvalue weighted by atomic mass is 10.1. The lowest BCUT2D eigenvalue weighted by molar-refractivity contribution is 0.0970. The van der Waals surface area contributed by atoms with Crippen molar-refractivity contribution in [2.75, 3.05) is 11.4 Å². The highest BCUT2D eigenvalue weighted by Crippen LogP contribution is 2.36. The highest BCUT2D eigenvalue weighted by atomic mass is 35.5. The lowest BCUT2D eigenvalue weighted by Gasteiger charge is -2.27. The second-order valence-corrected chi connectivity index (χ2v) is 9.13. The zero-order chi connectivity index (χ0) is 23.4. The molecular formula is C24H22ClF2N5O. The Balaban J connectivity index is 1.70. The van der Waals surface area contributed by atoms with Gasteiger partial charge in [-0.25, -0.2) is 18.8 Å². The molecule has 0 saturated heterocycles. The lowest BCUT2D eigenvalue weighted by Crippen LogP contribution is -2.48. The average Bonchev–Trinajstić information content (AvgIpc) is 3.34. The molecule has 0 unspecified atom stereocenters. The number of guanidine groups is 1. The number of carbonyl (C=O) groups is 1. The van der Waals surface area contributed by atoms with Gasteiger partial charge in [-0.15, -0.1) is 0 Å². The van der Waals surface area contributed by atoms with Crippen LogP contribution in [0, 0.1) is 24.5 Å². The topological polar surface area (TPSA) is 62.5 Å². The largest absolute Gasteiger partial charge is 0.305 e. The van der Waals surface area contributed by atoms with E-state index in [0.29, 0.717) is 36.3 Å². The van der Waals surface area contributed by atoms with Crippen molar-refractivity contribution in [3.8, 4) is 11.4 Å². The van der Waals surface area contributed by atoms with Crippen LogP contribution in [0.5, 0.6) is 0 Å².